The summed E-state index contributed by atoms with van der Waals surface area (Å²) in [5, 5.41) is 16.0. The molecule has 11 heteroatoms. The van der Waals surface area contributed by atoms with E-state index in [9.17, 15) is 19.5 Å². The number of carboxylic acid groups (broad SMARTS) is 1. The van der Waals surface area contributed by atoms with Crippen molar-refractivity contribution >= 4 is 46.0 Å². The molecule has 2 aromatic carbocycles. The van der Waals surface area contributed by atoms with Crippen molar-refractivity contribution in [2.45, 2.75) is 59.2 Å². The van der Waals surface area contributed by atoms with Gasteiger partial charge in [0.25, 0.3) is 5.91 Å². The van der Waals surface area contributed by atoms with Gasteiger partial charge in [0.1, 0.15) is 11.4 Å². The smallest absolute Gasteiger partial charge is 0.408 e. The summed E-state index contributed by atoms with van der Waals surface area (Å²) in [6, 6.07) is 16.4. The third kappa shape index (κ3) is 6.26. The van der Waals surface area contributed by atoms with Crippen LogP contribution in [0.25, 0.3) is 21.5 Å². The number of ether oxygens (including phenoxy) is 1. The van der Waals surface area contributed by atoms with Gasteiger partial charge in [-0.3, -0.25) is 4.79 Å². The van der Waals surface area contributed by atoms with Crippen LogP contribution in [0.4, 0.5) is 10.5 Å². The van der Waals surface area contributed by atoms with Crippen molar-refractivity contribution in [2.24, 2.45) is 11.8 Å². The summed E-state index contributed by atoms with van der Waals surface area (Å²) in [7, 11) is 0. The topological polar surface area (TPSA) is 140 Å². The molecule has 0 spiro atoms. The van der Waals surface area contributed by atoms with Crippen molar-refractivity contribution in [3.05, 3.63) is 71.4 Å². The van der Waals surface area contributed by atoms with Gasteiger partial charge in [-0.2, -0.15) is 0 Å². The first kappa shape index (κ1) is 29.8. The summed E-state index contributed by atoms with van der Waals surface area (Å²) in [5.41, 5.74) is 0.447. The number of nitrogens with one attached hydrogen (secondary N) is 1. The number of nitrogens with zero attached hydrogens (tertiary/aromatic N) is 3. The number of hydrogen-bond donors (Lipinski definition) is 3. The van der Waals surface area contributed by atoms with Gasteiger partial charge in [0.15, 0.2) is 5.54 Å². The Hall–Kier alpha value is -4.22. The second-order valence-corrected chi connectivity index (χ2v) is 12.2. The number of alkyl carbamates (subject to hydrolysis) is 1. The molecule has 4 N–H and O–H groups in total. The first-order valence-corrected chi connectivity index (χ1v) is 14.0. The number of carbonyl (C=O) groups is 3. The fourth-order valence-electron chi connectivity index (χ4n) is 4.56. The van der Waals surface area contributed by atoms with E-state index < -0.39 is 35.0 Å². The van der Waals surface area contributed by atoms with Gasteiger partial charge >= 0.3 is 12.1 Å². The zero-order valence-corrected chi connectivity index (χ0v) is 24.8. The molecule has 0 aliphatic rings. The highest BCUT2D eigenvalue weighted by molar-refractivity contribution is 7.13. The molecule has 10 nitrogen and oxygen atoms in total. The Balaban J connectivity index is 1.64. The molecule has 0 aliphatic heterocycles. The van der Waals surface area contributed by atoms with Crippen LogP contribution in [-0.4, -0.2) is 43.8 Å². The zero-order valence-electron chi connectivity index (χ0n) is 24.0. The molecule has 216 valence electrons. The van der Waals surface area contributed by atoms with E-state index in [1.54, 1.807) is 81.7 Å². The molecule has 0 saturated carbocycles. The molecule has 2 amide bonds. The molecule has 0 saturated heterocycles. The molecule has 0 radical (unpaired) electrons. The molecule has 4 rings (SSSR count). The summed E-state index contributed by atoms with van der Waals surface area (Å²) in [6.07, 6.45) is -0.824. The van der Waals surface area contributed by atoms with Crippen LogP contribution in [-0.2, 0) is 16.1 Å². The maximum absolute atomic E-state index is 13.4. The first-order valence-electron chi connectivity index (χ1n) is 13.2. The first-order chi connectivity index (χ1) is 19.2. The Labute approximate surface area is 242 Å². The standard InChI is InChI=1S/C30H35N5O5S/c1-18(2)30(27(37)38,33-28(39)40-29(4,5)6)17-34-19(3)32-23-16-21(12-13-24(23)34)26(36)35(31)22-10-7-9-20(15-22)25-11-8-14-41-25/h7-16,18H,17,31H2,1-6H3,(H,33,39)(H,37,38). The second kappa shape index (κ2) is 11.3. The van der Waals surface area contributed by atoms with Gasteiger partial charge < -0.3 is 19.7 Å². The Morgan fingerprint density at radius 2 is 1.85 bits per heavy atom. The maximum atomic E-state index is 13.4. The molecule has 2 aromatic heterocycles. The van der Waals surface area contributed by atoms with Crippen molar-refractivity contribution in [1.82, 2.24) is 14.9 Å². The van der Waals surface area contributed by atoms with Crippen LogP contribution in [0.15, 0.2) is 60.0 Å². The Morgan fingerprint density at radius 1 is 1.12 bits per heavy atom. The largest absolute Gasteiger partial charge is 0.479 e. The fraction of sp³-hybridized carbons (Fsp3) is 0.333. The predicted octanol–water partition coefficient (Wildman–Crippen LogP) is 5.60. The third-order valence-electron chi connectivity index (χ3n) is 6.83. The minimum atomic E-state index is -1.68. The highest BCUT2D eigenvalue weighted by Gasteiger charge is 2.45. The van der Waals surface area contributed by atoms with Crippen molar-refractivity contribution in [3.8, 4) is 10.4 Å². The fourth-order valence-corrected chi connectivity index (χ4v) is 5.28. The van der Waals surface area contributed by atoms with Gasteiger partial charge in [0.2, 0.25) is 0 Å². The average Bonchev–Trinajstić information content (AvgIpc) is 3.54. The number of hydrazine groups is 1. The number of hydrogen-bond acceptors (Lipinski definition) is 7. The summed E-state index contributed by atoms with van der Waals surface area (Å²) < 4.78 is 7.09. The van der Waals surface area contributed by atoms with E-state index in [-0.39, 0.29) is 6.54 Å². The lowest BCUT2D eigenvalue weighted by Crippen LogP contribution is -2.61. The van der Waals surface area contributed by atoms with Gasteiger partial charge in [0, 0.05) is 10.4 Å². The molecule has 0 fully saturated rings. The van der Waals surface area contributed by atoms with E-state index in [1.807, 2.05) is 35.7 Å². The van der Waals surface area contributed by atoms with Crippen LogP contribution < -0.4 is 16.2 Å². The van der Waals surface area contributed by atoms with Gasteiger partial charge in [-0.05, 0) is 81.0 Å². The minimum Gasteiger partial charge on any atom is -0.479 e. The molecular weight excluding hydrogens is 542 g/mol. The second-order valence-electron chi connectivity index (χ2n) is 11.2. The molecule has 1 unspecified atom stereocenters. The van der Waals surface area contributed by atoms with Crippen molar-refractivity contribution in [3.63, 3.8) is 0 Å². The summed E-state index contributed by atoms with van der Waals surface area (Å²) in [6.45, 7) is 10.2. The van der Waals surface area contributed by atoms with Crippen LogP contribution in [0, 0.1) is 12.8 Å². The lowest BCUT2D eigenvalue weighted by atomic mass is 9.86. The van der Waals surface area contributed by atoms with E-state index in [0.29, 0.717) is 28.1 Å². The van der Waals surface area contributed by atoms with Gasteiger partial charge in [-0.25, -0.2) is 25.4 Å². The van der Waals surface area contributed by atoms with Crippen molar-refractivity contribution in [1.29, 1.82) is 0 Å². The number of aryl methyl sites for hydroxylation is 1. The number of rotatable bonds is 8. The van der Waals surface area contributed by atoms with Crippen LogP contribution in [0.1, 0.15) is 50.8 Å². The maximum Gasteiger partial charge on any atom is 0.408 e. The lowest BCUT2D eigenvalue weighted by molar-refractivity contribution is -0.147. The number of benzene rings is 2. The van der Waals surface area contributed by atoms with E-state index in [4.69, 9.17) is 10.6 Å². The van der Waals surface area contributed by atoms with Gasteiger partial charge in [-0.15, -0.1) is 11.3 Å². The Morgan fingerprint density at radius 3 is 2.46 bits per heavy atom. The summed E-state index contributed by atoms with van der Waals surface area (Å²) in [5.74, 6) is 4.66. The lowest BCUT2D eigenvalue weighted by Gasteiger charge is -2.35. The number of thiophene rings is 1. The van der Waals surface area contributed by atoms with Crippen molar-refractivity contribution in [2.75, 3.05) is 5.01 Å². The molecular formula is C30H35N5O5S. The summed E-state index contributed by atoms with van der Waals surface area (Å²) >= 11 is 1.60. The number of carbonyl (C=O) groups excluding carboxylic acids is 2. The number of nitrogens with two attached hydrogens (primary N) is 1. The molecule has 4 aromatic rings. The number of amides is 2. The quantitative estimate of drug-likeness (QED) is 0.141. The molecule has 41 heavy (non-hydrogen) atoms. The van der Waals surface area contributed by atoms with Gasteiger partial charge in [-0.1, -0.05) is 32.0 Å². The third-order valence-corrected chi connectivity index (χ3v) is 7.75. The Kier molecular flexibility index (Phi) is 8.23. The van der Waals surface area contributed by atoms with Gasteiger partial charge in [0.05, 0.1) is 23.3 Å². The molecule has 0 aliphatic carbocycles. The Bertz CT molecular complexity index is 1590. The average molecular weight is 578 g/mol. The number of fused-ring (bicyclic) bond motifs is 1. The predicted molar refractivity (Wildman–Crippen MR) is 160 cm³/mol. The zero-order chi connectivity index (χ0) is 30.1. The van der Waals surface area contributed by atoms with Crippen molar-refractivity contribution < 1.29 is 24.2 Å². The SMILES string of the molecule is Cc1nc2cc(C(=O)N(N)c3cccc(-c4cccs4)c3)ccc2n1CC(NC(=O)OC(C)(C)C)(C(=O)O)C(C)C. The van der Waals surface area contributed by atoms with E-state index in [0.717, 1.165) is 15.4 Å². The van der Waals surface area contributed by atoms with Crippen LogP contribution in [0.3, 0.4) is 0 Å². The monoisotopic (exact) mass is 577 g/mol. The normalized spacial score (nSPS) is 13.2. The number of aromatic nitrogens is 2. The number of imidazole rings is 1. The van der Waals surface area contributed by atoms with E-state index >= 15 is 0 Å². The number of aliphatic carboxylic acids is 1. The number of anilines is 1. The molecule has 0 bridgehead atoms. The molecule has 2 heterocycles. The van der Waals surface area contributed by atoms with Crippen LogP contribution in [0.2, 0.25) is 0 Å². The van der Waals surface area contributed by atoms with E-state index in [2.05, 4.69) is 10.3 Å². The van der Waals surface area contributed by atoms with Crippen LogP contribution in [0.5, 0.6) is 0 Å². The van der Waals surface area contributed by atoms with Crippen LogP contribution >= 0.6 is 11.3 Å². The minimum absolute atomic E-state index is 0.104. The summed E-state index contributed by atoms with van der Waals surface area (Å²) in [4.78, 5) is 44.3. The molecule has 1 atom stereocenters. The highest BCUT2D eigenvalue weighted by Crippen LogP contribution is 2.29. The highest BCUT2D eigenvalue weighted by atomic mass is 32.1. The van der Waals surface area contributed by atoms with E-state index in [1.165, 1.54) is 0 Å². The number of carboxylic acids is 1.